The molecule has 0 fully saturated rings. The van der Waals surface area contributed by atoms with Gasteiger partial charge in [0.05, 0.1) is 11.1 Å². The van der Waals surface area contributed by atoms with E-state index in [4.69, 9.17) is 9.47 Å². The van der Waals surface area contributed by atoms with Gasteiger partial charge in [-0.3, -0.25) is 4.79 Å². The zero-order valence-electron chi connectivity index (χ0n) is 18.2. The van der Waals surface area contributed by atoms with Crippen molar-refractivity contribution in [1.29, 1.82) is 5.26 Å². The minimum Gasteiger partial charge on any atom is -0.490 e. The topological polar surface area (TPSA) is 71.3 Å². The number of nitrogens with zero attached hydrogens (tertiary/aromatic N) is 1. The van der Waals surface area contributed by atoms with Crippen LogP contribution in [0.15, 0.2) is 75.2 Å². The predicted molar refractivity (Wildman–Crippen MR) is 137 cm³/mol. The normalized spacial score (nSPS) is 10.9. The molecule has 0 unspecified atom stereocenters. The molecule has 3 aromatic rings. The summed E-state index contributed by atoms with van der Waals surface area (Å²) in [6.07, 6.45) is 1.52. The van der Waals surface area contributed by atoms with Crippen molar-refractivity contribution in [3.8, 4) is 17.6 Å². The quantitative estimate of drug-likeness (QED) is 0.233. The number of hydrogen-bond acceptors (Lipinski definition) is 4. The first-order chi connectivity index (χ1) is 15.9. The Morgan fingerprint density at radius 3 is 2.58 bits per heavy atom. The van der Waals surface area contributed by atoms with Crippen LogP contribution in [0.1, 0.15) is 23.6 Å². The molecule has 0 atom stereocenters. The molecule has 5 nitrogen and oxygen atoms in total. The lowest BCUT2D eigenvalue weighted by Crippen LogP contribution is -2.13. The van der Waals surface area contributed by atoms with Crippen LogP contribution in [-0.2, 0) is 11.4 Å². The molecule has 0 saturated carbocycles. The first kappa shape index (κ1) is 24.6. The Morgan fingerprint density at radius 1 is 1.09 bits per heavy atom. The van der Waals surface area contributed by atoms with Gasteiger partial charge in [0.15, 0.2) is 11.5 Å². The van der Waals surface area contributed by atoms with Crippen molar-refractivity contribution in [1.82, 2.24) is 0 Å². The first-order valence-electron chi connectivity index (χ1n) is 10.2. The highest BCUT2D eigenvalue weighted by Gasteiger charge is 2.15. The smallest absolute Gasteiger partial charge is 0.266 e. The number of ether oxygens (including phenoxy) is 2. The third-order valence-electron chi connectivity index (χ3n) is 4.56. The van der Waals surface area contributed by atoms with Crippen LogP contribution >= 0.6 is 31.9 Å². The predicted octanol–water partition coefficient (Wildman–Crippen LogP) is 7.04. The number of nitrogens with one attached hydrogen (secondary N) is 1. The molecule has 0 aliphatic heterocycles. The van der Waals surface area contributed by atoms with E-state index in [1.807, 2.05) is 44.2 Å². The second-order valence-corrected chi connectivity index (χ2v) is 8.95. The lowest BCUT2D eigenvalue weighted by molar-refractivity contribution is -0.112. The standard InChI is InChI=1S/C26H22Br2N2O3/c1-3-32-24-13-19(11-20(15-29)26(31)30-22-9-5-8-21(27)14-22)12-23(28)25(24)33-16-18-7-4-6-17(2)10-18/h4-14H,3,16H2,1-2H3,(H,30,31)/b20-11-. The maximum absolute atomic E-state index is 12.6. The number of aryl methyl sites for hydroxylation is 1. The monoisotopic (exact) mass is 568 g/mol. The summed E-state index contributed by atoms with van der Waals surface area (Å²) in [6, 6.07) is 20.8. The molecule has 3 rings (SSSR count). The van der Waals surface area contributed by atoms with Crippen LogP contribution in [0.5, 0.6) is 11.5 Å². The Labute approximate surface area is 210 Å². The summed E-state index contributed by atoms with van der Waals surface area (Å²) in [4.78, 5) is 12.6. The number of carbonyl (C=O) groups is 1. The number of halogens is 2. The molecule has 0 bridgehead atoms. The fraction of sp³-hybridized carbons (Fsp3) is 0.154. The number of benzene rings is 3. The van der Waals surface area contributed by atoms with Gasteiger partial charge in [0.1, 0.15) is 18.2 Å². The molecule has 3 aromatic carbocycles. The Balaban J connectivity index is 1.85. The summed E-state index contributed by atoms with van der Waals surface area (Å²) < 4.78 is 13.3. The number of rotatable bonds is 8. The highest BCUT2D eigenvalue weighted by atomic mass is 79.9. The van der Waals surface area contributed by atoms with Gasteiger partial charge >= 0.3 is 0 Å². The molecule has 0 spiro atoms. The lowest BCUT2D eigenvalue weighted by Gasteiger charge is -2.15. The number of carbonyl (C=O) groups excluding carboxylic acids is 1. The van der Waals surface area contributed by atoms with Crippen LogP contribution in [0.4, 0.5) is 5.69 Å². The van der Waals surface area contributed by atoms with E-state index < -0.39 is 5.91 Å². The molecule has 0 saturated heterocycles. The number of hydrogen-bond donors (Lipinski definition) is 1. The van der Waals surface area contributed by atoms with Gasteiger partial charge < -0.3 is 14.8 Å². The number of amides is 1. The maximum Gasteiger partial charge on any atom is 0.266 e. The second-order valence-electron chi connectivity index (χ2n) is 7.18. The number of anilines is 1. The summed E-state index contributed by atoms with van der Waals surface area (Å²) >= 11 is 6.91. The van der Waals surface area contributed by atoms with E-state index in [0.29, 0.717) is 40.4 Å². The zero-order valence-corrected chi connectivity index (χ0v) is 21.4. The lowest BCUT2D eigenvalue weighted by atomic mass is 10.1. The summed E-state index contributed by atoms with van der Waals surface area (Å²) in [6.45, 7) is 4.74. The summed E-state index contributed by atoms with van der Waals surface area (Å²) in [7, 11) is 0. The molecule has 7 heteroatoms. The Bertz CT molecular complexity index is 1230. The molecule has 0 aromatic heterocycles. The van der Waals surface area contributed by atoms with Crippen molar-refractivity contribution in [2.75, 3.05) is 11.9 Å². The molecule has 1 amide bonds. The summed E-state index contributed by atoms with van der Waals surface area (Å²) in [5, 5.41) is 12.3. The van der Waals surface area contributed by atoms with Gasteiger partial charge in [-0.25, -0.2) is 0 Å². The number of nitriles is 1. The molecular weight excluding hydrogens is 548 g/mol. The van der Waals surface area contributed by atoms with E-state index in [1.165, 1.54) is 6.08 Å². The second kappa shape index (κ2) is 11.7. The van der Waals surface area contributed by atoms with Crippen LogP contribution < -0.4 is 14.8 Å². The van der Waals surface area contributed by atoms with E-state index in [2.05, 4.69) is 43.2 Å². The molecule has 0 radical (unpaired) electrons. The van der Waals surface area contributed by atoms with Gasteiger partial charge in [-0.05, 0) is 77.3 Å². The van der Waals surface area contributed by atoms with E-state index in [9.17, 15) is 10.1 Å². The van der Waals surface area contributed by atoms with Crippen molar-refractivity contribution < 1.29 is 14.3 Å². The Morgan fingerprint density at radius 2 is 1.88 bits per heavy atom. The largest absolute Gasteiger partial charge is 0.490 e. The fourth-order valence-corrected chi connectivity index (χ4v) is 4.09. The molecule has 0 heterocycles. The van der Waals surface area contributed by atoms with E-state index in [0.717, 1.165) is 15.6 Å². The van der Waals surface area contributed by atoms with Gasteiger partial charge in [0.2, 0.25) is 0 Å². The van der Waals surface area contributed by atoms with Crippen molar-refractivity contribution in [3.63, 3.8) is 0 Å². The molecule has 0 aliphatic carbocycles. The molecule has 0 aliphatic rings. The molecule has 1 N–H and O–H groups in total. The van der Waals surface area contributed by atoms with Crippen LogP contribution in [0, 0.1) is 18.3 Å². The van der Waals surface area contributed by atoms with Crippen molar-refractivity contribution in [3.05, 3.63) is 91.9 Å². The third kappa shape index (κ3) is 6.95. The van der Waals surface area contributed by atoms with Crippen molar-refractivity contribution >= 4 is 49.5 Å². The first-order valence-corrected chi connectivity index (χ1v) is 11.8. The summed E-state index contributed by atoms with van der Waals surface area (Å²) in [5.41, 5.74) is 3.40. The fourth-order valence-electron chi connectivity index (χ4n) is 3.11. The van der Waals surface area contributed by atoms with Gasteiger partial charge in [-0.15, -0.1) is 0 Å². The van der Waals surface area contributed by atoms with Gasteiger partial charge in [0.25, 0.3) is 5.91 Å². The maximum atomic E-state index is 12.6. The van der Waals surface area contributed by atoms with Crippen LogP contribution in [0.3, 0.4) is 0 Å². The van der Waals surface area contributed by atoms with E-state index in [-0.39, 0.29) is 5.57 Å². The minimum atomic E-state index is -0.496. The third-order valence-corrected chi connectivity index (χ3v) is 5.64. The van der Waals surface area contributed by atoms with Crippen molar-refractivity contribution in [2.45, 2.75) is 20.5 Å². The van der Waals surface area contributed by atoms with Crippen LogP contribution in [0.25, 0.3) is 6.08 Å². The summed E-state index contributed by atoms with van der Waals surface area (Å²) in [5.74, 6) is 0.590. The average Bonchev–Trinajstić information content (AvgIpc) is 2.77. The molecule has 168 valence electrons. The molecule has 33 heavy (non-hydrogen) atoms. The SMILES string of the molecule is CCOc1cc(/C=C(/C#N)C(=O)Nc2cccc(Br)c2)cc(Br)c1OCc1cccc(C)c1. The highest BCUT2D eigenvalue weighted by Crippen LogP contribution is 2.38. The highest BCUT2D eigenvalue weighted by molar-refractivity contribution is 9.10. The van der Waals surface area contributed by atoms with Gasteiger partial charge in [-0.1, -0.05) is 51.8 Å². The van der Waals surface area contributed by atoms with Crippen LogP contribution in [-0.4, -0.2) is 12.5 Å². The van der Waals surface area contributed by atoms with E-state index in [1.54, 1.807) is 30.3 Å². The van der Waals surface area contributed by atoms with Gasteiger partial charge in [0, 0.05) is 10.2 Å². The van der Waals surface area contributed by atoms with E-state index >= 15 is 0 Å². The van der Waals surface area contributed by atoms with Crippen LogP contribution in [0.2, 0.25) is 0 Å². The van der Waals surface area contributed by atoms with Gasteiger partial charge in [-0.2, -0.15) is 5.26 Å². The molecular formula is C26H22Br2N2O3. The van der Waals surface area contributed by atoms with Crippen molar-refractivity contribution in [2.24, 2.45) is 0 Å². The average molecular weight is 570 g/mol. The zero-order chi connectivity index (χ0) is 23.8. The Kier molecular flexibility index (Phi) is 8.70. The minimum absolute atomic E-state index is 0.0299. The Hall–Kier alpha value is -3.08.